The zero-order valence-corrected chi connectivity index (χ0v) is 41.6. The van der Waals surface area contributed by atoms with E-state index >= 15 is 0 Å². The van der Waals surface area contributed by atoms with Crippen LogP contribution in [0.15, 0.2) is 230 Å². The lowest BCUT2D eigenvalue weighted by molar-refractivity contribution is 0.432. The molecule has 0 N–H and O–H groups in total. The van der Waals surface area contributed by atoms with Gasteiger partial charge in [-0.3, -0.25) is 4.57 Å². The minimum Gasteiger partial charge on any atom is -0.457 e. The summed E-state index contributed by atoms with van der Waals surface area (Å²) in [6.45, 7) is 12.9. The van der Waals surface area contributed by atoms with Crippen molar-refractivity contribution >= 4 is 44.6 Å². The number of para-hydroxylation sites is 4. The molecule has 6 nitrogen and oxygen atoms in total. The molecule has 0 bridgehead atoms. The van der Waals surface area contributed by atoms with Gasteiger partial charge >= 0.3 is 0 Å². The van der Waals surface area contributed by atoms with Gasteiger partial charge in [0.1, 0.15) is 35.5 Å². The molecule has 362 valence electrons. The molecule has 12 rings (SSSR count). The lowest BCUT2D eigenvalue weighted by atomic mass is 9.79. The molecule has 74 heavy (non-hydrogen) atoms. The molecule has 0 spiro atoms. The maximum atomic E-state index is 9.11. The normalized spacial score (nSPS) is 15.5. The standard InChI is InChI=1S/C68H58N4O2/c1-67(2,3)58-31-20-32-59(68(4,5)6)66(58)74-53-39-40-69-64(44-53)72-60-38-35-49(46-21-10-7-11-22-46)41-57(60)56-37-36-52(43-63(56)72)73-51-28-18-27-50(42-51)70-45-71(62-34-17-16-33-61(62)70)65-54(47-23-12-8-13-24-47)29-19-30-55(65)48-25-14-9-15-26-48/h7-44H,45H2,1-6H3/i7D,8D,9D,10D,11D,12D,13D,14D,15D,21D,22D,23D,24D,25D,26D. The molecule has 0 amide bonds. The van der Waals surface area contributed by atoms with Crippen LogP contribution in [0.1, 0.15) is 73.2 Å². The van der Waals surface area contributed by atoms with Gasteiger partial charge in [-0.25, -0.2) is 4.98 Å². The van der Waals surface area contributed by atoms with Crippen LogP contribution >= 0.6 is 0 Å². The highest BCUT2D eigenvalue weighted by Gasteiger charge is 2.32. The Kier molecular flexibility index (Phi) is 8.12. The average molecular weight is 978 g/mol. The molecule has 0 saturated carbocycles. The van der Waals surface area contributed by atoms with E-state index in [2.05, 4.69) is 59.7 Å². The number of pyridine rings is 1. The van der Waals surface area contributed by atoms with Crippen LogP contribution < -0.4 is 19.3 Å². The number of fused-ring (bicyclic) bond motifs is 4. The lowest BCUT2D eigenvalue weighted by Crippen LogP contribution is -2.24. The van der Waals surface area contributed by atoms with Crippen LogP contribution in [-0.2, 0) is 10.8 Å². The summed E-state index contributed by atoms with van der Waals surface area (Å²) in [5, 5.41) is 1.45. The smallest absolute Gasteiger partial charge is 0.141 e. The molecule has 0 fully saturated rings. The number of anilines is 4. The number of nitrogens with zero attached hydrogens (tertiary/aromatic N) is 4. The first-order valence-electron chi connectivity index (χ1n) is 31.8. The van der Waals surface area contributed by atoms with E-state index in [1.165, 1.54) is 0 Å². The Balaban J connectivity index is 0.980. The van der Waals surface area contributed by atoms with Gasteiger partial charge in [-0.1, -0.05) is 193 Å². The van der Waals surface area contributed by atoms with Crippen molar-refractivity contribution in [2.45, 2.75) is 52.4 Å². The van der Waals surface area contributed by atoms with Gasteiger partial charge in [-0.05, 0) is 87.7 Å². The molecule has 3 heterocycles. The van der Waals surface area contributed by atoms with Crippen LogP contribution in [0.5, 0.6) is 23.0 Å². The minimum absolute atomic E-state index is 0.0379. The van der Waals surface area contributed by atoms with Crippen LogP contribution in [0, 0.1) is 0 Å². The van der Waals surface area contributed by atoms with Gasteiger partial charge < -0.3 is 19.3 Å². The topological polar surface area (TPSA) is 42.8 Å². The van der Waals surface area contributed by atoms with E-state index in [0.717, 1.165) is 22.3 Å². The van der Waals surface area contributed by atoms with Gasteiger partial charge in [0.2, 0.25) is 0 Å². The fourth-order valence-corrected chi connectivity index (χ4v) is 9.88. The zero-order chi connectivity index (χ0) is 63.6. The summed E-state index contributed by atoms with van der Waals surface area (Å²) < 4.78 is 147. The van der Waals surface area contributed by atoms with Gasteiger partial charge in [0.15, 0.2) is 0 Å². The molecule has 6 heteroatoms. The highest BCUT2D eigenvalue weighted by Crippen LogP contribution is 2.51. The van der Waals surface area contributed by atoms with Crippen molar-refractivity contribution in [1.82, 2.24) is 9.55 Å². The number of benzene rings is 9. The first-order chi connectivity index (χ1) is 42.2. The van der Waals surface area contributed by atoms with E-state index in [9.17, 15) is 0 Å². The van der Waals surface area contributed by atoms with Crippen molar-refractivity contribution in [3.63, 3.8) is 0 Å². The molecule has 9 aromatic carbocycles. The lowest BCUT2D eigenvalue weighted by Gasteiger charge is -2.29. The van der Waals surface area contributed by atoms with Crippen LogP contribution in [0.3, 0.4) is 0 Å². The van der Waals surface area contributed by atoms with Crippen LogP contribution in [-0.4, -0.2) is 16.2 Å². The predicted molar refractivity (Wildman–Crippen MR) is 307 cm³/mol. The number of rotatable bonds is 10. The number of ether oxygens (including phenoxy) is 2. The Hall–Kier alpha value is -8.87. The third-order valence-corrected chi connectivity index (χ3v) is 13.3. The molecule has 0 aliphatic carbocycles. The summed E-state index contributed by atoms with van der Waals surface area (Å²) in [5.74, 6) is 2.67. The van der Waals surface area contributed by atoms with Crippen molar-refractivity contribution in [3.8, 4) is 62.2 Å². The molecule has 0 unspecified atom stereocenters. The SMILES string of the molecule is [2H]c1c([2H])c([2H])c(-c2ccc3c(c2)c2ccc(Oc4cccc(N5CN(c6c(-c7c([2H])c([2H])c([2H])c([2H])c7[2H])cccc6-c6c([2H])c([2H])c([2H])c([2H])c6[2H])c6ccccc65)c4)cc2n3-c2cc(Oc3c(C(C)(C)C)cccc3C(C)(C)C)ccn2)c([2H])c1[2H]. The molecule has 1 aliphatic heterocycles. The Morgan fingerprint density at radius 3 is 1.69 bits per heavy atom. The summed E-state index contributed by atoms with van der Waals surface area (Å²) in [5.41, 5.74) is 5.69. The summed E-state index contributed by atoms with van der Waals surface area (Å²) >= 11 is 0. The molecule has 1 aliphatic rings. The Labute approximate surface area is 455 Å². The van der Waals surface area contributed by atoms with E-state index in [4.69, 9.17) is 35.0 Å². The molecular weight excluding hydrogens is 905 g/mol. The van der Waals surface area contributed by atoms with Crippen molar-refractivity contribution in [2.24, 2.45) is 0 Å². The number of hydrogen-bond acceptors (Lipinski definition) is 5. The molecular formula is C68H58N4O2. The highest BCUT2D eigenvalue weighted by atomic mass is 16.5. The van der Waals surface area contributed by atoms with Crippen molar-refractivity contribution in [2.75, 3.05) is 16.5 Å². The Morgan fingerprint density at radius 2 is 1.04 bits per heavy atom. The minimum atomic E-state index is -0.584. The molecule has 0 radical (unpaired) electrons. The zero-order valence-electron chi connectivity index (χ0n) is 56.6. The largest absolute Gasteiger partial charge is 0.457 e. The quantitative estimate of drug-likeness (QED) is 0.137. The third kappa shape index (κ3) is 8.62. The maximum Gasteiger partial charge on any atom is 0.141 e. The first-order valence-corrected chi connectivity index (χ1v) is 24.3. The number of hydrogen-bond donors (Lipinski definition) is 0. The van der Waals surface area contributed by atoms with E-state index < -0.39 is 78.6 Å². The summed E-state index contributed by atoms with van der Waals surface area (Å²) in [6, 6.07) is 33.2. The van der Waals surface area contributed by atoms with Crippen LogP contribution in [0.25, 0.3) is 61.0 Å². The van der Waals surface area contributed by atoms with Gasteiger partial charge in [0.25, 0.3) is 0 Å². The molecule has 2 aromatic heterocycles. The van der Waals surface area contributed by atoms with Crippen molar-refractivity contribution < 1.29 is 30.0 Å². The molecule has 0 saturated heterocycles. The first kappa shape index (κ1) is 32.3. The van der Waals surface area contributed by atoms with Gasteiger partial charge in [0, 0.05) is 63.1 Å². The fraction of sp³-hybridized carbons (Fsp3) is 0.132. The molecule has 0 atom stereocenters. The van der Waals surface area contributed by atoms with Crippen molar-refractivity contribution in [1.29, 1.82) is 0 Å². The van der Waals surface area contributed by atoms with Gasteiger partial charge in [-0.2, -0.15) is 0 Å². The average Bonchev–Trinajstić information content (AvgIpc) is 1.71. The maximum absolute atomic E-state index is 9.11. The fourth-order valence-electron chi connectivity index (χ4n) is 9.88. The highest BCUT2D eigenvalue weighted by molar-refractivity contribution is 6.11. The van der Waals surface area contributed by atoms with E-state index in [0.29, 0.717) is 62.1 Å². The molecule has 11 aromatic rings. The third-order valence-electron chi connectivity index (χ3n) is 13.3. The van der Waals surface area contributed by atoms with Crippen molar-refractivity contribution in [3.05, 3.63) is 241 Å². The second-order valence-electron chi connectivity index (χ2n) is 20.2. The Bertz CT molecular complexity index is 4580. The van der Waals surface area contributed by atoms with Crippen LogP contribution in [0.2, 0.25) is 0 Å². The summed E-state index contributed by atoms with van der Waals surface area (Å²) in [7, 11) is 0. The second-order valence-corrected chi connectivity index (χ2v) is 20.2. The van der Waals surface area contributed by atoms with Gasteiger partial charge in [-0.15, -0.1) is 0 Å². The van der Waals surface area contributed by atoms with Gasteiger partial charge in [0.05, 0.1) is 48.7 Å². The second kappa shape index (κ2) is 18.6. The van der Waals surface area contributed by atoms with E-state index in [1.807, 2.05) is 105 Å². The van der Waals surface area contributed by atoms with Crippen LogP contribution in [0.4, 0.5) is 22.7 Å². The van der Waals surface area contributed by atoms with E-state index in [1.54, 1.807) is 30.5 Å². The number of aromatic nitrogens is 2. The summed E-state index contributed by atoms with van der Waals surface area (Å²) in [4.78, 5) is 8.77. The van der Waals surface area contributed by atoms with E-state index in [-0.39, 0.29) is 63.1 Å². The monoisotopic (exact) mass is 978 g/mol. The summed E-state index contributed by atoms with van der Waals surface area (Å²) in [6.07, 6.45) is 1.69. The predicted octanol–water partition coefficient (Wildman–Crippen LogP) is 18.6. The Morgan fingerprint density at radius 1 is 0.459 bits per heavy atom.